The minimum Gasteiger partial charge on any atom is -0.468 e. The van der Waals surface area contributed by atoms with E-state index in [2.05, 4.69) is 15.2 Å². The number of carbonyl (C=O) groups excluding carboxylic acids is 1. The number of methoxy groups -OCH3 is 1. The van der Waals surface area contributed by atoms with Crippen LogP contribution in [0, 0.1) is 5.92 Å². The predicted octanol–water partition coefficient (Wildman–Crippen LogP) is 1.92. The number of nitrogens with zero attached hydrogens (tertiary/aromatic N) is 4. The van der Waals surface area contributed by atoms with Gasteiger partial charge in [-0.3, -0.25) is 9.48 Å². The third-order valence-electron chi connectivity index (χ3n) is 3.98. The van der Waals surface area contributed by atoms with Gasteiger partial charge in [-0.25, -0.2) is 0 Å². The third kappa shape index (κ3) is 2.68. The second-order valence-electron chi connectivity index (χ2n) is 5.38. The molecule has 1 fully saturated rings. The Bertz CT molecular complexity index is 628. The SMILES string of the molecule is COC(=O)C(c1nc(-c2ccn(C)n2)no1)C1CCCC1. The molecule has 7 heteroatoms. The smallest absolute Gasteiger partial charge is 0.318 e. The molecule has 0 aliphatic heterocycles. The van der Waals surface area contributed by atoms with E-state index in [0.717, 1.165) is 25.7 Å². The van der Waals surface area contributed by atoms with E-state index < -0.39 is 5.92 Å². The molecular formula is C14H18N4O3. The summed E-state index contributed by atoms with van der Waals surface area (Å²) in [6, 6.07) is 1.80. The van der Waals surface area contributed by atoms with Gasteiger partial charge in [-0.05, 0) is 24.8 Å². The highest BCUT2D eigenvalue weighted by molar-refractivity contribution is 5.77. The Morgan fingerprint density at radius 1 is 1.48 bits per heavy atom. The number of esters is 1. The van der Waals surface area contributed by atoms with Crippen LogP contribution >= 0.6 is 0 Å². The zero-order valence-electron chi connectivity index (χ0n) is 12.2. The van der Waals surface area contributed by atoms with Crippen LogP contribution < -0.4 is 0 Å². The second kappa shape index (κ2) is 5.67. The molecule has 7 nitrogen and oxygen atoms in total. The quantitative estimate of drug-likeness (QED) is 0.800. The van der Waals surface area contributed by atoms with Crippen LogP contribution in [0.4, 0.5) is 0 Å². The van der Waals surface area contributed by atoms with Crippen LogP contribution in [-0.2, 0) is 16.6 Å². The van der Waals surface area contributed by atoms with Crippen molar-refractivity contribution in [3.8, 4) is 11.5 Å². The first-order valence-electron chi connectivity index (χ1n) is 7.10. The lowest BCUT2D eigenvalue weighted by molar-refractivity contribution is -0.144. The van der Waals surface area contributed by atoms with Gasteiger partial charge < -0.3 is 9.26 Å². The lowest BCUT2D eigenvalue weighted by atomic mass is 9.91. The van der Waals surface area contributed by atoms with Crippen molar-refractivity contribution >= 4 is 5.97 Å². The summed E-state index contributed by atoms with van der Waals surface area (Å²) in [5, 5.41) is 8.17. The number of ether oxygens (including phenoxy) is 1. The minimum atomic E-state index is -0.470. The zero-order valence-corrected chi connectivity index (χ0v) is 12.2. The molecule has 2 heterocycles. The van der Waals surface area contributed by atoms with Gasteiger partial charge in [-0.1, -0.05) is 18.0 Å². The summed E-state index contributed by atoms with van der Waals surface area (Å²) in [4.78, 5) is 16.4. The first-order chi connectivity index (χ1) is 10.2. The molecular weight excluding hydrogens is 272 g/mol. The number of aryl methyl sites for hydroxylation is 1. The summed E-state index contributed by atoms with van der Waals surface area (Å²) in [7, 11) is 3.21. The van der Waals surface area contributed by atoms with Gasteiger partial charge in [0.05, 0.1) is 7.11 Å². The summed E-state index contributed by atoms with van der Waals surface area (Å²) < 4.78 is 11.9. The summed E-state index contributed by atoms with van der Waals surface area (Å²) in [5.74, 6) is 0.168. The Kier molecular flexibility index (Phi) is 3.72. The zero-order chi connectivity index (χ0) is 14.8. The van der Waals surface area contributed by atoms with Gasteiger partial charge in [0, 0.05) is 13.2 Å². The maximum absolute atomic E-state index is 12.1. The molecule has 0 N–H and O–H groups in total. The van der Waals surface area contributed by atoms with Crippen molar-refractivity contribution in [2.45, 2.75) is 31.6 Å². The summed E-state index contributed by atoms with van der Waals surface area (Å²) in [5.41, 5.74) is 0.627. The van der Waals surface area contributed by atoms with Gasteiger partial charge in [-0.15, -0.1) is 0 Å². The monoisotopic (exact) mass is 290 g/mol. The van der Waals surface area contributed by atoms with E-state index in [1.165, 1.54) is 7.11 Å². The molecule has 112 valence electrons. The molecule has 1 aliphatic rings. The highest BCUT2D eigenvalue weighted by Gasteiger charge is 2.37. The van der Waals surface area contributed by atoms with Crippen LogP contribution in [0.3, 0.4) is 0 Å². The van der Waals surface area contributed by atoms with Crippen molar-refractivity contribution in [3.05, 3.63) is 18.2 Å². The fourth-order valence-corrected chi connectivity index (χ4v) is 2.91. The molecule has 1 aliphatic carbocycles. The average Bonchev–Trinajstić information content (AvgIpc) is 3.20. The first kappa shape index (κ1) is 13.8. The molecule has 1 atom stereocenters. The molecule has 0 spiro atoms. The standard InChI is InChI=1S/C14H18N4O3/c1-18-8-7-10(16-18)12-15-13(21-17-12)11(14(19)20-2)9-5-3-4-6-9/h7-9,11H,3-6H2,1-2H3. The summed E-state index contributed by atoms with van der Waals surface area (Å²) in [6.45, 7) is 0. The van der Waals surface area contributed by atoms with E-state index in [9.17, 15) is 4.79 Å². The second-order valence-corrected chi connectivity index (χ2v) is 5.38. The van der Waals surface area contributed by atoms with Crippen molar-refractivity contribution in [2.24, 2.45) is 13.0 Å². The fraction of sp³-hybridized carbons (Fsp3) is 0.571. The molecule has 2 aromatic rings. The van der Waals surface area contributed by atoms with Crippen molar-refractivity contribution in [3.63, 3.8) is 0 Å². The number of rotatable bonds is 4. The Hall–Kier alpha value is -2.18. The normalized spacial score (nSPS) is 17.0. The van der Waals surface area contributed by atoms with Gasteiger partial charge in [0.25, 0.3) is 0 Å². The Morgan fingerprint density at radius 3 is 2.86 bits per heavy atom. The molecule has 2 aromatic heterocycles. The number of aromatic nitrogens is 4. The molecule has 0 bridgehead atoms. The van der Waals surface area contributed by atoms with Gasteiger partial charge in [0.15, 0.2) is 0 Å². The summed E-state index contributed by atoms with van der Waals surface area (Å²) in [6.07, 6.45) is 6.03. The molecule has 0 radical (unpaired) electrons. The van der Waals surface area contributed by atoms with Crippen molar-refractivity contribution in [2.75, 3.05) is 7.11 Å². The van der Waals surface area contributed by atoms with Crippen molar-refractivity contribution < 1.29 is 14.1 Å². The number of carbonyl (C=O) groups is 1. The van der Waals surface area contributed by atoms with Gasteiger partial charge >= 0.3 is 5.97 Å². The number of hydrogen-bond acceptors (Lipinski definition) is 6. The predicted molar refractivity (Wildman–Crippen MR) is 73.2 cm³/mol. The third-order valence-corrected chi connectivity index (χ3v) is 3.98. The van der Waals surface area contributed by atoms with Crippen LogP contribution in [0.25, 0.3) is 11.5 Å². The lowest BCUT2D eigenvalue weighted by Gasteiger charge is -2.16. The van der Waals surface area contributed by atoms with Gasteiger partial charge in [0.2, 0.25) is 11.7 Å². The van der Waals surface area contributed by atoms with Gasteiger partial charge in [0.1, 0.15) is 11.6 Å². The van der Waals surface area contributed by atoms with E-state index >= 15 is 0 Å². The van der Waals surface area contributed by atoms with E-state index in [-0.39, 0.29) is 11.9 Å². The highest BCUT2D eigenvalue weighted by atomic mass is 16.5. The molecule has 0 saturated heterocycles. The van der Waals surface area contributed by atoms with E-state index in [1.54, 1.807) is 16.9 Å². The molecule has 3 rings (SSSR count). The Labute approximate surface area is 122 Å². The van der Waals surface area contributed by atoms with Crippen LogP contribution in [0.15, 0.2) is 16.8 Å². The number of hydrogen-bond donors (Lipinski definition) is 0. The largest absolute Gasteiger partial charge is 0.468 e. The summed E-state index contributed by atoms with van der Waals surface area (Å²) >= 11 is 0. The van der Waals surface area contributed by atoms with E-state index in [1.807, 2.05) is 7.05 Å². The molecule has 0 amide bonds. The Balaban J connectivity index is 1.89. The minimum absolute atomic E-state index is 0.217. The van der Waals surface area contributed by atoms with Gasteiger partial charge in [-0.2, -0.15) is 10.1 Å². The van der Waals surface area contributed by atoms with Crippen LogP contribution in [0.1, 0.15) is 37.5 Å². The van der Waals surface area contributed by atoms with E-state index in [0.29, 0.717) is 17.4 Å². The van der Waals surface area contributed by atoms with Crippen molar-refractivity contribution in [1.82, 2.24) is 19.9 Å². The molecule has 21 heavy (non-hydrogen) atoms. The topological polar surface area (TPSA) is 83.0 Å². The first-order valence-corrected chi connectivity index (χ1v) is 7.10. The molecule has 0 aromatic carbocycles. The maximum Gasteiger partial charge on any atom is 0.318 e. The fourth-order valence-electron chi connectivity index (χ4n) is 2.91. The highest BCUT2D eigenvalue weighted by Crippen LogP contribution is 2.37. The lowest BCUT2D eigenvalue weighted by Crippen LogP contribution is -2.21. The van der Waals surface area contributed by atoms with E-state index in [4.69, 9.17) is 9.26 Å². The molecule has 1 saturated carbocycles. The van der Waals surface area contributed by atoms with Crippen molar-refractivity contribution in [1.29, 1.82) is 0 Å². The maximum atomic E-state index is 12.1. The average molecular weight is 290 g/mol. The Morgan fingerprint density at radius 2 is 2.24 bits per heavy atom. The van der Waals surface area contributed by atoms with Crippen LogP contribution in [0.2, 0.25) is 0 Å². The van der Waals surface area contributed by atoms with Crippen LogP contribution in [0.5, 0.6) is 0 Å². The van der Waals surface area contributed by atoms with Crippen LogP contribution in [-0.4, -0.2) is 33.0 Å². The molecule has 1 unspecified atom stereocenters.